The van der Waals surface area contributed by atoms with Gasteiger partial charge >= 0.3 is 0 Å². The summed E-state index contributed by atoms with van der Waals surface area (Å²) in [6, 6.07) is 7.61. The number of rotatable bonds is 4. The van der Waals surface area contributed by atoms with Crippen LogP contribution in [-0.4, -0.2) is 23.9 Å². The number of nitrogen functional groups attached to an aromatic ring is 1. The summed E-state index contributed by atoms with van der Waals surface area (Å²) in [6.45, 7) is 4.09. The van der Waals surface area contributed by atoms with Crippen molar-refractivity contribution in [1.82, 2.24) is 4.90 Å². The van der Waals surface area contributed by atoms with Crippen LogP contribution < -0.4 is 5.73 Å². The Hall–Kier alpha value is -1.51. The lowest BCUT2D eigenvalue weighted by Gasteiger charge is -2.32. The Balaban J connectivity index is 1.90. The molecule has 1 amide bonds. The minimum atomic E-state index is 0.255. The highest BCUT2D eigenvalue weighted by molar-refractivity contribution is 5.79. The number of benzene rings is 1. The molecule has 3 nitrogen and oxygen atoms in total. The van der Waals surface area contributed by atoms with Crippen molar-refractivity contribution in [2.75, 3.05) is 18.8 Å². The number of nitrogens with two attached hydrogens (primary N) is 1. The molecule has 2 N–H and O–H groups in total. The smallest absolute Gasteiger partial charge is 0.226 e. The number of amides is 1. The zero-order valence-corrected chi connectivity index (χ0v) is 11.8. The maximum Gasteiger partial charge on any atom is 0.226 e. The standard InChI is InChI=1S/C16H24N2O/c1-2-4-14-5-3-10-18(12-14)16(19)11-13-6-8-15(17)9-7-13/h6-9,14H,2-5,10-12,17H2,1H3. The van der Waals surface area contributed by atoms with E-state index in [4.69, 9.17) is 5.73 Å². The second-order valence-electron chi connectivity index (χ2n) is 5.56. The highest BCUT2D eigenvalue weighted by Crippen LogP contribution is 2.21. The number of likely N-dealkylation sites (tertiary alicyclic amines) is 1. The van der Waals surface area contributed by atoms with Gasteiger partial charge in [0.15, 0.2) is 0 Å². The van der Waals surface area contributed by atoms with E-state index in [0.29, 0.717) is 12.3 Å². The number of nitrogens with zero attached hydrogens (tertiary/aromatic N) is 1. The summed E-state index contributed by atoms with van der Waals surface area (Å²) in [6.07, 6.45) is 5.38. The molecule has 1 aromatic rings. The summed E-state index contributed by atoms with van der Waals surface area (Å²) in [5, 5.41) is 0. The Morgan fingerprint density at radius 2 is 2.11 bits per heavy atom. The van der Waals surface area contributed by atoms with Crippen LogP contribution in [0.2, 0.25) is 0 Å². The first-order valence-electron chi connectivity index (χ1n) is 7.31. The van der Waals surface area contributed by atoms with Crippen LogP contribution in [0.3, 0.4) is 0 Å². The Morgan fingerprint density at radius 3 is 2.79 bits per heavy atom. The van der Waals surface area contributed by atoms with E-state index in [1.54, 1.807) is 0 Å². The van der Waals surface area contributed by atoms with Gasteiger partial charge in [0.05, 0.1) is 6.42 Å². The van der Waals surface area contributed by atoms with Gasteiger partial charge in [0, 0.05) is 18.8 Å². The molecule has 0 aromatic heterocycles. The molecule has 0 spiro atoms. The quantitative estimate of drug-likeness (QED) is 0.846. The minimum absolute atomic E-state index is 0.255. The molecule has 0 radical (unpaired) electrons. The zero-order valence-electron chi connectivity index (χ0n) is 11.8. The van der Waals surface area contributed by atoms with Crippen LogP contribution in [0.15, 0.2) is 24.3 Å². The summed E-state index contributed by atoms with van der Waals surface area (Å²) in [7, 11) is 0. The summed E-state index contributed by atoms with van der Waals surface area (Å²) in [5.74, 6) is 0.958. The molecule has 1 atom stereocenters. The average molecular weight is 260 g/mol. The van der Waals surface area contributed by atoms with Gasteiger partial charge in [-0.05, 0) is 42.9 Å². The van der Waals surface area contributed by atoms with Gasteiger partial charge in [-0.3, -0.25) is 4.79 Å². The third-order valence-corrected chi connectivity index (χ3v) is 3.90. The van der Waals surface area contributed by atoms with Crippen LogP contribution in [0, 0.1) is 5.92 Å². The summed E-state index contributed by atoms with van der Waals surface area (Å²) in [4.78, 5) is 14.3. The first-order valence-corrected chi connectivity index (χ1v) is 7.31. The predicted molar refractivity (Wildman–Crippen MR) is 78.8 cm³/mol. The molecule has 1 saturated heterocycles. The third kappa shape index (κ3) is 3.98. The molecular formula is C16H24N2O. The maximum absolute atomic E-state index is 12.3. The maximum atomic E-state index is 12.3. The van der Waals surface area contributed by atoms with Crippen molar-refractivity contribution in [2.24, 2.45) is 5.92 Å². The van der Waals surface area contributed by atoms with Crippen LogP contribution in [0.1, 0.15) is 38.2 Å². The fourth-order valence-corrected chi connectivity index (χ4v) is 2.86. The van der Waals surface area contributed by atoms with Gasteiger partial charge in [0.25, 0.3) is 0 Å². The fourth-order valence-electron chi connectivity index (χ4n) is 2.86. The van der Waals surface area contributed by atoms with E-state index in [1.165, 1.54) is 19.3 Å². The number of carbonyl (C=O) groups excluding carboxylic acids is 1. The van der Waals surface area contributed by atoms with E-state index in [9.17, 15) is 4.79 Å². The van der Waals surface area contributed by atoms with Crippen molar-refractivity contribution in [3.63, 3.8) is 0 Å². The average Bonchev–Trinajstić information content (AvgIpc) is 2.42. The topological polar surface area (TPSA) is 46.3 Å². The normalized spacial score (nSPS) is 19.4. The molecular weight excluding hydrogens is 236 g/mol. The van der Waals surface area contributed by atoms with Gasteiger partial charge in [-0.2, -0.15) is 0 Å². The van der Waals surface area contributed by atoms with E-state index >= 15 is 0 Å². The molecule has 1 aliphatic heterocycles. The van der Waals surface area contributed by atoms with Gasteiger partial charge in [0.1, 0.15) is 0 Å². The lowest BCUT2D eigenvalue weighted by molar-refractivity contribution is -0.132. The molecule has 1 heterocycles. The molecule has 1 aromatic carbocycles. The first-order chi connectivity index (χ1) is 9.19. The number of piperidine rings is 1. The lowest BCUT2D eigenvalue weighted by Crippen LogP contribution is -2.40. The molecule has 0 aliphatic carbocycles. The molecule has 104 valence electrons. The van der Waals surface area contributed by atoms with Crippen molar-refractivity contribution in [1.29, 1.82) is 0 Å². The van der Waals surface area contributed by atoms with Crippen molar-refractivity contribution in [2.45, 2.75) is 39.0 Å². The first kappa shape index (κ1) is 13.9. The van der Waals surface area contributed by atoms with Crippen LogP contribution in [-0.2, 0) is 11.2 Å². The number of anilines is 1. The number of hydrogen-bond acceptors (Lipinski definition) is 2. The molecule has 1 unspecified atom stereocenters. The molecule has 1 fully saturated rings. The van der Waals surface area contributed by atoms with Gasteiger partial charge in [0.2, 0.25) is 5.91 Å². The second-order valence-corrected chi connectivity index (χ2v) is 5.56. The SMILES string of the molecule is CCCC1CCCN(C(=O)Cc2ccc(N)cc2)C1. The number of hydrogen-bond donors (Lipinski definition) is 1. The molecule has 0 bridgehead atoms. The van der Waals surface area contributed by atoms with Crippen molar-refractivity contribution >= 4 is 11.6 Å². The van der Waals surface area contributed by atoms with E-state index in [1.807, 2.05) is 29.2 Å². The molecule has 19 heavy (non-hydrogen) atoms. The van der Waals surface area contributed by atoms with Crippen LogP contribution in [0.4, 0.5) is 5.69 Å². The van der Waals surface area contributed by atoms with E-state index in [2.05, 4.69) is 6.92 Å². The Bertz CT molecular complexity index is 411. The molecule has 2 rings (SSSR count). The van der Waals surface area contributed by atoms with E-state index < -0.39 is 0 Å². The molecule has 0 saturated carbocycles. The molecule has 1 aliphatic rings. The van der Waals surface area contributed by atoms with E-state index in [0.717, 1.165) is 30.8 Å². The second kappa shape index (κ2) is 6.60. The van der Waals surface area contributed by atoms with Gasteiger partial charge in [-0.25, -0.2) is 0 Å². The van der Waals surface area contributed by atoms with Crippen LogP contribution in [0.25, 0.3) is 0 Å². The lowest BCUT2D eigenvalue weighted by atomic mass is 9.93. The Kier molecular flexibility index (Phi) is 4.83. The van der Waals surface area contributed by atoms with Gasteiger partial charge in [-0.1, -0.05) is 25.5 Å². The van der Waals surface area contributed by atoms with Gasteiger partial charge < -0.3 is 10.6 Å². The summed E-state index contributed by atoms with van der Waals surface area (Å²) < 4.78 is 0. The number of carbonyl (C=O) groups is 1. The fraction of sp³-hybridized carbons (Fsp3) is 0.562. The van der Waals surface area contributed by atoms with Crippen molar-refractivity contribution in [3.8, 4) is 0 Å². The third-order valence-electron chi connectivity index (χ3n) is 3.90. The largest absolute Gasteiger partial charge is 0.399 e. The predicted octanol–water partition coefficient (Wildman–Crippen LogP) is 2.85. The van der Waals surface area contributed by atoms with Gasteiger partial charge in [-0.15, -0.1) is 0 Å². The Morgan fingerprint density at radius 1 is 1.37 bits per heavy atom. The van der Waals surface area contributed by atoms with E-state index in [-0.39, 0.29) is 5.91 Å². The highest BCUT2D eigenvalue weighted by Gasteiger charge is 2.22. The summed E-state index contributed by atoms with van der Waals surface area (Å²) >= 11 is 0. The highest BCUT2D eigenvalue weighted by atomic mass is 16.2. The Labute approximate surface area is 115 Å². The zero-order chi connectivity index (χ0) is 13.7. The van der Waals surface area contributed by atoms with Crippen molar-refractivity contribution in [3.05, 3.63) is 29.8 Å². The molecule has 3 heteroatoms. The summed E-state index contributed by atoms with van der Waals surface area (Å²) in [5.41, 5.74) is 7.46. The monoisotopic (exact) mass is 260 g/mol. The van der Waals surface area contributed by atoms with Crippen molar-refractivity contribution < 1.29 is 4.79 Å². The van der Waals surface area contributed by atoms with Crippen LogP contribution in [0.5, 0.6) is 0 Å². The van der Waals surface area contributed by atoms with Crippen LogP contribution >= 0.6 is 0 Å². The minimum Gasteiger partial charge on any atom is -0.399 e.